The van der Waals surface area contributed by atoms with Crippen molar-refractivity contribution in [2.75, 3.05) is 14.1 Å². The minimum Gasteiger partial charge on any atom is -0.361 e. The van der Waals surface area contributed by atoms with E-state index in [1.54, 1.807) is 0 Å². The number of quaternary nitrogens is 1. The molecule has 1 aromatic rings. The van der Waals surface area contributed by atoms with Crippen LogP contribution < -0.4 is 0 Å². The first kappa shape index (κ1) is 11.6. The van der Waals surface area contributed by atoms with E-state index in [1.807, 2.05) is 13.8 Å². The summed E-state index contributed by atoms with van der Waals surface area (Å²) in [6.45, 7) is 5.11. The molecular weight excluding hydrogens is 200 g/mol. The maximum atomic E-state index is 5.24. The van der Waals surface area contributed by atoms with Gasteiger partial charge in [-0.05, 0) is 39.5 Å². The van der Waals surface area contributed by atoms with Gasteiger partial charge in [0.15, 0.2) is 0 Å². The summed E-state index contributed by atoms with van der Waals surface area (Å²) in [4.78, 5) is 0. The monoisotopic (exact) mass is 223 g/mol. The van der Waals surface area contributed by atoms with E-state index in [0.717, 1.165) is 28.5 Å². The summed E-state index contributed by atoms with van der Waals surface area (Å²) in [5.41, 5.74) is 2.36. The molecule has 2 rings (SSSR count). The Balaban J connectivity index is 2.13. The Morgan fingerprint density at radius 1 is 1.25 bits per heavy atom. The molecule has 1 aromatic heterocycles. The normalized spacial score (nSPS) is 18.2. The molecule has 1 fully saturated rings. The Bertz CT molecular complexity index is 343. The molecule has 16 heavy (non-hydrogen) atoms. The summed E-state index contributed by atoms with van der Waals surface area (Å²) in [6.07, 6.45) is 5.54. The van der Waals surface area contributed by atoms with Crippen molar-refractivity contribution >= 4 is 0 Å². The van der Waals surface area contributed by atoms with Crippen LogP contribution in [-0.4, -0.2) is 29.8 Å². The van der Waals surface area contributed by atoms with Crippen LogP contribution in [0.25, 0.3) is 0 Å². The molecule has 0 amide bonds. The van der Waals surface area contributed by atoms with Gasteiger partial charge in [-0.2, -0.15) is 0 Å². The number of nitrogens with zero attached hydrogens (tertiary/aromatic N) is 2. The molecule has 0 saturated heterocycles. The van der Waals surface area contributed by atoms with Gasteiger partial charge in [-0.25, -0.2) is 0 Å². The van der Waals surface area contributed by atoms with E-state index in [0.29, 0.717) is 0 Å². The van der Waals surface area contributed by atoms with E-state index in [4.69, 9.17) is 4.52 Å². The predicted molar refractivity (Wildman–Crippen MR) is 64.0 cm³/mol. The largest absolute Gasteiger partial charge is 0.361 e. The predicted octanol–water partition coefficient (Wildman–Crippen LogP) is 2.81. The molecule has 0 unspecified atom stereocenters. The van der Waals surface area contributed by atoms with Crippen LogP contribution in [0.2, 0.25) is 0 Å². The number of rotatable bonds is 3. The quantitative estimate of drug-likeness (QED) is 0.736. The lowest BCUT2D eigenvalue weighted by Crippen LogP contribution is -2.46. The minimum atomic E-state index is 0.814. The van der Waals surface area contributed by atoms with Gasteiger partial charge in [0.1, 0.15) is 12.3 Å². The summed E-state index contributed by atoms with van der Waals surface area (Å²) in [5, 5.41) is 4.04. The van der Waals surface area contributed by atoms with Crippen LogP contribution in [-0.2, 0) is 6.54 Å². The van der Waals surface area contributed by atoms with Gasteiger partial charge >= 0.3 is 0 Å². The van der Waals surface area contributed by atoms with Gasteiger partial charge in [0.25, 0.3) is 0 Å². The molecular formula is C13H23N2O+. The van der Waals surface area contributed by atoms with Gasteiger partial charge in [-0.15, -0.1) is 0 Å². The second-order valence-electron chi connectivity index (χ2n) is 5.68. The minimum absolute atomic E-state index is 0.814. The molecule has 0 atom stereocenters. The van der Waals surface area contributed by atoms with Gasteiger partial charge in [-0.1, -0.05) is 5.16 Å². The van der Waals surface area contributed by atoms with E-state index < -0.39 is 0 Å². The maximum absolute atomic E-state index is 5.24. The number of hydrogen-bond donors (Lipinski definition) is 0. The number of hydrogen-bond acceptors (Lipinski definition) is 2. The smallest absolute Gasteiger partial charge is 0.142 e. The first-order valence-electron chi connectivity index (χ1n) is 6.25. The standard InChI is InChI=1S/C13H23N2O/c1-10-13(11(2)16-14-10)9-15(3,4)12-7-5-6-8-12/h12H,5-9H2,1-4H3/q+1. The molecule has 0 aromatic carbocycles. The lowest BCUT2D eigenvalue weighted by Gasteiger charge is -2.36. The molecule has 3 heteroatoms. The van der Waals surface area contributed by atoms with Gasteiger partial charge in [0.05, 0.1) is 31.4 Å². The highest BCUT2D eigenvalue weighted by atomic mass is 16.5. The fourth-order valence-electron chi connectivity index (χ4n) is 2.87. The van der Waals surface area contributed by atoms with Crippen LogP contribution in [0, 0.1) is 13.8 Å². The highest BCUT2D eigenvalue weighted by molar-refractivity contribution is 5.19. The number of aryl methyl sites for hydroxylation is 2. The first-order valence-corrected chi connectivity index (χ1v) is 6.25. The van der Waals surface area contributed by atoms with E-state index >= 15 is 0 Å². The lowest BCUT2D eigenvalue weighted by atomic mass is 10.1. The van der Waals surface area contributed by atoms with E-state index in [2.05, 4.69) is 19.3 Å². The second-order valence-corrected chi connectivity index (χ2v) is 5.68. The van der Waals surface area contributed by atoms with Crippen molar-refractivity contribution in [2.24, 2.45) is 0 Å². The summed E-state index contributed by atoms with van der Waals surface area (Å²) in [7, 11) is 4.67. The van der Waals surface area contributed by atoms with Crippen molar-refractivity contribution in [3.05, 3.63) is 17.0 Å². The zero-order valence-electron chi connectivity index (χ0n) is 10.9. The fourth-order valence-corrected chi connectivity index (χ4v) is 2.87. The average Bonchev–Trinajstić information content (AvgIpc) is 2.83. The topological polar surface area (TPSA) is 26.0 Å². The van der Waals surface area contributed by atoms with Crippen LogP contribution >= 0.6 is 0 Å². The molecule has 0 radical (unpaired) electrons. The molecule has 0 N–H and O–H groups in total. The second kappa shape index (κ2) is 4.21. The third-order valence-corrected chi connectivity index (χ3v) is 4.06. The molecule has 1 saturated carbocycles. The Labute approximate surface area is 98.0 Å². The molecule has 1 aliphatic rings. The highest BCUT2D eigenvalue weighted by Crippen LogP contribution is 2.29. The van der Waals surface area contributed by atoms with Crippen LogP contribution in [0.15, 0.2) is 4.52 Å². The van der Waals surface area contributed by atoms with Crippen molar-refractivity contribution in [1.82, 2.24) is 5.16 Å². The zero-order chi connectivity index (χ0) is 11.8. The third kappa shape index (κ3) is 2.14. The van der Waals surface area contributed by atoms with Crippen molar-refractivity contribution < 1.29 is 9.01 Å². The van der Waals surface area contributed by atoms with Crippen molar-refractivity contribution in [3.8, 4) is 0 Å². The van der Waals surface area contributed by atoms with Crippen LogP contribution in [0.1, 0.15) is 42.7 Å². The maximum Gasteiger partial charge on any atom is 0.142 e. The van der Waals surface area contributed by atoms with Crippen molar-refractivity contribution in [3.63, 3.8) is 0 Å². The summed E-state index contributed by atoms with van der Waals surface area (Å²) in [5.74, 6) is 0.988. The highest BCUT2D eigenvalue weighted by Gasteiger charge is 2.32. The van der Waals surface area contributed by atoms with E-state index in [-0.39, 0.29) is 0 Å². The SMILES string of the molecule is Cc1noc(C)c1C[N+](C)(C)C1CCCC1. The van der Waals surface area contributed by atoms with E-state index in [1.165, 1.54) is 31.2 Å². The first-order chi connectivity index (χ1) is 7.50. The molecule has 0 bridgehead atoms. The van der Waals surface area contributed by atoms with Gasteiger partial charge in [-0.3, -0.25) is 0 Å². The Kier molecular flexibility index (Phi) is 3.06. The lowest BCUT2D eigenvalue weighted by molar-refractivity contribution is -0.927. The molecule has 1 aliphatic carbocycles. The van der Waals surface area contributed by atoms with Gasteiger partial charge in [0, 0.05) is 0 Å². The molecule has 90 valence electrons. The molecule has 1 heterocycles. The van der Waals surface area contributed by atoms with E-state index in [9.17, 15) is 0 Å². The summed E-state index contributed by atoms with van der Waals surface area (Å²) >= 11 is 0. The molecule has 0 spiro atoms. The Morgan fingerprint density at radius 3 is 2.38 bits per heavy atom. The summed E-state index contributed by atoms with van der Waals surface area (Å²) < 4.78 is 6.32. The van der Waals surface area contributed by atoms with Crippen molar-refractivity contribution in [1.29, 1.82) is 0 Å². The molecule has 3 nitrogen and oxygen atoms in total. The Morgan fingerprint density at radius 2 is 1.88 bits per heavy atom. The fraction of sp³-hybridized carbons (Fsp3) is 0.769. The van der Waals surface area contributed by atoms with Gasteiger partial charge in [0.2, 0.25) is 0 Å². The number of aromatic nitrogens is 1. The van der Waals surface area contributed by atoms with Crippen molar-refractivity contribution in [2.45, 2.75) is 52.1 Å². The molecule has 0 aliphatic heterocycles. The zero-order valence-corrected chi connectivity index (χ0v) is 10.9. The van der Waals surface area contributed by atoms with Gasteiger partial charge < -0.3 is 9.01 Å². The Hall–Kier alpha value is -0.830. The third-order valence-electron chi connectivity index (χ3n) is 4.06. The van der Waals surface area contributed by atoms with Crippen LogP contribution in [0.4, 0.5) is 0 Å². The van der Waals surface area contributed by atoms with Crippen LogP contribution in [0.3, 0.4) is 0 Å². The average molecular weight is 223 g/mol. The van der Waals surface area contributed by atoms with Crippen LogP contribution in [0.5, 0.6) is 0 Å². The summed E-state index contributed by atoms with van der Waals surface area (Å²) in [6, 6.07) is 0.814.